The molecule has 112 valence electrons. The molecule has 0 spiro atoms. The maximum absolute atomic E-state index is 11.4. The Balaban J connectivity index is 2.41. The molecule has 1 atom stereocenters. The first-order valence-electron chi connectivity index (χ1n) is 7.00. The first kappa shape index (κ1) is 16.8. The second-order valence-electron chi connectivity index (χ2n) is 4.88. The molecule has 1 aromatic heterocycles. The second-order valence-corrected chi connectivity index (χ2v) is 5.94. The van der Waals surface area contributed by atoms with Crippen molar-refractivity contribution >= 4 is 11.8 Å². The standard InChI is InChI=1S/C13H23N5OS/c1-4-8-15-13(3,10-14)7-6-9-20-12-17-16-11(19)18(12)5-2/h15H,4-9H2,1-3H3,(H,16,19). The van der Waals surface area contributed by atoms with Crippen molar-refractivity contribution in [1.82, 2.24) is 20.1 Å². The number of nitrogens with one attached hydrogen (secondary N) is 2. The van der Waals surface area contributed by atoms with E-state index in [4.69, 9.17) is 0 Å². The molecule has 0 amide bonds. The van der Waals surface area contributed by atoms with Crippen molar-refractivity contribution in [2.75, 3.05) is 12.3 Å². The van der Waals surface area contributed by atoms with Gasteiger partial charge in [-0.15, -0.1) is 5.10 Å². The van der Waals surface area contributed by atoms with E-state index in [0.29, 0.717) is 6.54 Å². The molecule has 0 fully saturated rings. The predicted molar refractivity (Wildman–Crippen MR) is 80.8 cm³/mol. The van der Waals surface area contributed by atoms with Gasteiger partial charge in [-0.05, 0) is 39.7 Å². The summed E-state index contributed by atoms with van der Waals surface area (Å²) in [5.74, 6) is 0.843. The van der Waals surface area contributed by atoms with E-state index < -0.39 is 5.54 Å². The summed E-state index contributed by atoms with van der Waals surface area (Å²) in [6.07, 6.45) is 2.70. The fourth-order valence-corrected chi connectivity index (χ4v) is 2.82. The number of hydrogen-bond acceptors (Lipinski definition) is 5. The van der Waals surface area contributed by atoms with Gasteiger partial charge in [0, 0.05) is 12.3 Å². The van der Waals surface area contributed by atoms with Crippen molar-refractivity contribution in [2.24, 2.45) is 0 Å². The molecule has 2 N–H and O–H groups in total. The van der Waals surface area contributed by atoms with Gasteiger partial charge in [0.15, 0.2) is 5.16 Å². The lowest BCUT2D eigenvalue weighted by Gasteiger charge is -2.22. The Hall–Kier alpha value is -1.26. The van der Waals surface area contributed by atoms with Crippen LogP contribution in [0.3, 0.4) is 0 Å². The van der Waals surface area contributed by atoms with Gasteiger partial charge in [-0.2, -0.15) is 5.26 Å². The van der Waals surface area contributed by atoms with Crippen molar-refractivity contribution < 1.29 is 0 Å². The van der Waals surface area contributed by atoms with Gasteiger partial charge in [0.1, 0.15) is 5.54 Å². The molecule has 7 heteroatoms. The van der Waals surface area contributed by atoms with E-state index in [1.165, 1.54) is 0 Å². The van der Waals surface area contributed by atoms with Gasteiger partial charge in [0.2, 0.25) is 0 Å². The minimum atomic E-state index is -0.466. The molecule has 1 unspecified atom stereocenters. The number of thioether (sulfide) groups is 1. The highest BCUT2D eigenvalue weighted by Crippen LogP contribution is 2.18. The first-order valence-corrected chi connectivity index (χ1v) is 7.99. The van der Waals surface area contributed by atoms with Crippen LogP contribution in [0, 0.1) is 11.3 Å². The van der Waals surface area contributed by atoms with Gasteiger partial charge >= 0.3 is 5.69 Å². The van der Waals surface area contributed by atoms with E-state index in [9.17, 15) is 10.1 Å². The summed E-state index contributed by atoms with van der Waals surface area (Å²) in [6.45, 7) is 7.41. The Labute approximate surface area is 123 Å². The number of hydrogen-bond donors (Lipinski definition) is 2. The molecule has 0 aliphatic carbocycles. The molecule has 0 saturated carbocycles. The molecule has 0 aliphatic rings. The quantitative estimate of drug-likeness (QED) is 0.535. The monoisotopic (exact) mass is 297 g/mol. The molecule has 1 aromatic rings. The minimum Gasteiger partial charge on any atom is -0.300 e. The van der Waals surface area contributed by atoms with E-state index in [2.05, 4.69) is 28.5 Å². The van der Waals surface area contributed by atoms with E-state index in [0.717, 1.165) is 36.7 Å². The van der Waals surface area contributed by atoms with Crippen LogP contribution in [0.15, 0.2) is 9.95 Å². The normalized spacial score (nSPS) is 13.9. The van der Waals surface area contributed by atoms with Gasteiger partial charge in [0.05, 0.1) is 6.07 Å². The number of rotatable bonds is 9. The molecule has 0 bridgehead atoms. The van der Waals surface area contributed by atoms with Crippen LogP contribution >= 0.6 is 11.8 Å². The Bertz CT molecular complexity index is 504. The third-order valence-electron chi connectivity index (χ3n) is 3.10. The minimum absolute atomic E-state index is 0.165. The molecule has 1 rings (SSSR count). The second kappa shape index (κ2) is 8.12. The number of H-pyrrole nitrogens is 1. The maximum atomic E-state index is 11.4. The molecular formula is C13H23N5OS. The molecule has 1 heterocycles. The number of nitriles is 1. The fraction of sp³-hybridized carbons (Fsp3) is 0.769. The lowest BCUT2D eigenvalue weighted by atomic mass is 9.98. The molecule has 0 aromatic carbocycles. The summed E-state index contributed by atoms with van der Waals surface area (Å²) in [5, 5.41) is 19.7. The van der Waals surface area contributed by atoms with Crippen LogP contribution in [0.2, 0.25) is 0 Å². The first-order chi connectivity index (χ1) is 9.56. The highest BCUT2D eigenvalue weighted by molar-refractivity contribution is 7.99. The van der Waals surface area contributed by atoms with Crippen molar-refractivity contribution in [3.8, 4) is 6.07 Å². The van der Waals surface area contributed by atoms with Crippen LogP contribution in [0.25, 0.3) is 0 Å². The lowest BCUT2D eigenvalue weighted by Crippen LogP contribution is -2.41. The van der Waals surface area contributed by atoms with E-state index in [1.54, 1.807) is 16.3 Å². The maximum Gasteiger partial charge on any atom is 0.343 e. The third kappa shape index (κ3) is 4.69. The van der Waals surface area contributed by atoms with Crippen molar-refractivity contribution in [2.45, 2.75) is 57.3 Å². The van der Waals surface area contributed by atoms with Crippen LogP contribution in [-0.4, -0.2) is 32.6 Å². The third-order valence-corrected chi connectivity index (χ3v) is 4.17. The van der Waals surface area contributed by atoms with Gasteiger partial charge in [-0.25, -0.2) is 9.89 Å². The Morgan fingerprint density at radius 1 is 1.55 bits per heavy atom. The average molecular weight is 297 g/mol. The van der Waals surface area contributed by atoms with Crippen molar-refractivity contribution in [3.05, 3.63) is 10.5 Å². The largest absolute Gasteiger partial charge is 0.343 e. The lowest BCUT2D eigenvalue weighted by molar-refractivity contribution is 0.415. The highest BCUT2D eigenvalue weighted by atomic mass is 32.2. The summed E-state index contributed by atoms with van der Waals surface area (Å²) >= 11 is 1.55. The Morgan fingerprint density at radius 2 is 2.30 bits per heavy atom. The molecule has 0 aliphatic heterocycles. The Kier molecular flexibility index (Phi) is 6.82. The topological polar surface area (TPSA) is 86.5 Å². The highest BCUT2D eigenvalue weighted by Gasteiger charge is 2.21. The van der Waals surface area contributed by atoms with Crippen LogP contribution in [0.1, 0.15) is 40.0 Å². The summed E-state index contributed by atoms with van der Waals surface area (Å²) < 4.78 is 1.61. The van der Waals surface area contributed by atoms with Gasteiger partial charge < -0.3 is 0 Å². The summed E-state index contributed by atoms with van der Waals surface area (Å²) in [4.78, 5) is 11.4. The average Bonchev–Trinajstić information content (AvgIpc) is 2.81. The molecule has 20 heavy (non-hydrogen) atoms. The van der Waals surface area contributed by atoms with Gasteiger partial charge in [-0.1, -0.05) is 18.7 Å². The van der Waals surface area contributed by atoms with Gasteiger partial charge in [0.25, 0.3) is 0 Å². The van der Waals surface area contributed by atoms with Crippen molar-refractivity contribution in [3.63, 3.8) is 0 Å². The molecule has 0 radical (unpaired) electrons. The molecule has 0 saturated heterocycles. The van der Waals surface area contributed by atoms with E-state index in [1.807, 2.05) is 13.8 Å². The SMILES string of the molecule is CCCNC(C)(C#N)CCCSc1n[nH]c(=O)n1CC. The van der Waals surface area contributed by atoms with Crippen LogP contribution in [-0.2, 0) is 6.54 Å². The van der Waals surface area contributed by atoms with Gasteiger partial charge in [-0.3, -0.25) is 9.88 Å². The van der Waals surface area contributed by atoms with E-state index in [-0.39, 0.29) is 5.69 Å². The predicted octanol–water partition coefficient (Wildman–Crippen LogP) is 1.75. The number of nitrogens with zero attached hydrogens (tertiary/aromatic N) is 3. The number of aromatic nitrogens is 3. The van der Waals surface area contributed by atoms with Crippen molar-refractivity contribution in [1.29, 1.82) is 5.26 Å². The zero-order valence-electron chi connectivity index (χ0n) is 12.4. The number of aromatic amines is 1. The van der Waals surface area contributed by atoms with Crippen LogP contribution in [0.5, 0.6) is 0 Å². The summed E-state index contributed by atoms with van der Waals surface area (Å²) in [7, 11) is 0. The van der Waals surface area contributed by atoms with E-state index >= 15 is 0 Å². The molecular weight excluding hydrogens is 274 g/mol. The zero-order valence-corrected chi connectivity index (χ0v) is 13.2. The smallest absolute Gasteiger partial charge is 0.300 e. The van der Waals surface area contributed by atoms with Crippen LogP contribution in [0.4, 0.5) is 0 Å². The molecule has 6 nitrogen and oxygen atoms in total. The Morgan fingerprint density at radius 3 is 2.90 bits per heavy atom. The summed E-state index contributed by atoms with van der Waals surface area (Å²) in [5.41, 5.74) is -0.631. The fourth-order valence-electron chi connectivity index (χ4n) is 1.87. The zero-order chi connectivity index (χ0) is 15.0. The summed E-state index contributed by atoms with van der Waals surface area (Å²) in [6, 6.07) is 2.34. The van der Waals surface area contributed by atoms with Crippen LogP contribution < -0.4 is 11.0 Å².